The lowest BCUT2D eigenvalue weighted by Gasteiger charge is -2.13. The number of halogens is 3. The SMILES string of the molecule is COc1cc(Cl)c(CNc2ccc(Cl)c(Cl)c2)cc1OC. The van der Waals surface area contributed by atoms with E-state index in [1.165, 1.54) is 0 Å². The first kappa shape index (κ1) is 16.1. The molecule has 0 aliphatic rings. The van der Waals surface area contributed by atoms with Crippen molar-refractivity contribution in [2.45, 2.75) is 6.54 Å². The van der Waals surface area contributed by atoms with Crippen LogP contribution in [0.4, 0.5) is 5.69 Å². The number of ether oxygens (including phenoxy) is 2. The minimum atomic E-state index is 0.500. The average Bonchev–Trinajstić information content (AvgIpc) is 2.49. The molecule has 2 rings (SSSR count). The van der Waals surface area contributed by atoms with Crippen molar-refractivity contribution in [3.05, 3.63) is 51.0 Å². The molecule has 2 aromatic carbocycles. The van der Waals surface area contributed by atoms with Gasteiger partial charge in [0.15, 0.2) is 11.5 Å². The van der Waals surface area contributed by atoms with Crippen molar-refractivity contribution in [2.24, 2.45) is 0 Å². The topological polar surface area (TPSA) is 30.5 Å². The molecular formula is C15H14Cl3NO2. The zero-order chi connectivity index (χ0) is 15.4. The van der Waals surface area contributed by atoms with Crippen LogP contribution in [0.15, 0.2) is 30.3 Å². The highest BCUT2D eigenvalue weighted by Gasteiger charge is 2.10. The highest BCUT2D eigenvalue weighted by Crippen LogP contribution is 2.33. The molecule has 0 atom stereocenters. The smallest absolute Gasteiger partial charge is 0.162 e. The van der Waals surface area contributed by atoms with Crippen LogP contribution in [0.1, 0.15) is 5.56 Å². The van der Waals surface area contributed by atoms with E-state index in [4.69, 9.17) is 44.3 Å². The van der Waals surface area contributed by atoms with Gasteiger partial charge >= 0.3 is 0 Å². The fourth-order valence-electron chi connectivity index (χ4n) is 1.84. The summed E-state index contributed by atoms with van der Waals surface area (Å²) in [5, 5.41) is 4.85. The summed E-state index contributed by atoms with van der Waals surface area (Å²) in [5.74, 6) is 1.23. The molecule has 0 fully saturated rings. The average molecular weight is 347 g/mol. The fraction of sp³-hybridized carbons (Fsp3) is 0.200. The second-order valence-corrected chi connectivity index (χ2v) is 5.50. The van der Waals surface area contributed by atoms with Crippen molar-refractivity contribution in [3.63, 3.8) is 0 Å². The number of anilines is 1. The fourth-order valence-corrected chi connectivity index (χ4v) is 2.35. The maximum absolute atomic E-state index is 6.24. The van der Waals surface area contributed by atoms with E-state index in [0.717, 1.165) is 11.3 Å². The minimum absolute atomic E-state index is 0.500. The molecule has 0 bridgehead atoms. The Kier molecular flexibility index (Phi) is 5.45. The van der Waals surface area contributed by atoms with Gasteiger partial charge in [0.05, 0.1) is 24.3 Å². The van der Waals surface area contributed by atoms with Crippen LogP contribution >= 0.6 is 34.8 Å². The van der Waals surface area contributed by atoms with Gasteiger partial charge in [-0.25, -0.2) is 0 Å². The molecule has 0 amide bonds. The van der Waals surface area contributed by atoms with Crippen LogP contribution < -0.4 is 14.8 Å². The maximum atomic E-state index is 6.24. The van der Waals surface area contributed by atoms with Gasteiger partial charge in [0, 0.05) is 23.3 Å². The van der Waals surface area contributed by atoms with Gasteiger partial charge < -0.3 is 14.8 Å². The van der Waals surface area contributed by atoms with E-state index in [9.17, 15) is 0 Å². The molecule has 0 aliphatic carbocycles. The van der Waals surface area contributed by atoms with Crippen LogP contribution in [0.3, 0.4) is 0 Å². The lowest BCUT2D eigenvalue weighted by molar-refractivity contribution is 0.354. The largest absolute Gasteiger partial charge is 0.493 e. The predicted octanol–water partition coefficient (Wildman–Crippen LogP) is 5.28. The molecule has 0 saturated carbocycles. The monoisotopic (exact) mass is 345 g/mol. The van der Waals surface area contributed by atoms with Crippen molar-refractivity contribution >= 4 is 40.5 Å². The molecule has 6 heteroatoms. The first-order valence-electron chi connectivity index (χ1n) is 6.14. The van der Waals surface area contributed by atoms with Gasteiger partial charge in [-0.3, -0.25) is 0 Å². The van der Waals surface area contributed by atoms with Gasteiger partial charge in [0.1, 0.15) is 0 Å². The first-order chi connectivity index (χ1) is 10.0. The van der Waals surface area contributed by atoms with Gasteiger partial charge in [-0.1, -0.05) is 34.8 Å². The zero-order valence-corrected chi connectivity index (χ0v) is 13.8. The van der Waals surface area contributed by atoms with Gasteiger partial charge in [0.2, 0.25) is 0 Å². The Morgan fingerprint density at radius 3 is 2.14 bits per heavy atom. The van der Waals surface area contributed by atoms with Crippen molar-refractivity contribution in [1.29, 1.82) is 0 Å². The molecular weight excluding hydrogens is 333 g/mol. The summed E-state index contributed by atoms with van der Waals surface area (Å²) in [6.45, 7) is 0.525. The number of hydrogen-bond acceptors (Lipinski definition) is 3. The summed E-state index contributed by atoms with van der Waals surface area (Å²) in [6.07, 6.45) is 0. The van der Waals surface area contributed by atoms with E-state index in [1.807, 2.05) is 12.1 Å². The van der Waals surface area contributed by atoms with Crippen LogP contribution in [-0.2, 0) is 6.54 Å². The van der Waals surface area contributed by atoms with E-state index in [2.05, 4.69) is 5.32 Å². The Morgan fingerprint density at radius 1 is 0.857 bits per heavy atom. The highest BCUT2D eigenvalue weighted by atomic mass is 35.5. The molecule has 0 unspecified atom stereocenters. The molecule has 21 heavy (non-hydrogen) atoms. The molecule has 0 heterocycles. The molecule has 0 radical (unpaired) electrons. The molecule has 0 aliphatic heterocycles. The van der Waals surface area contributed by atoms with Crippen LogP contribution in [-0.4, -0.2) is 14.2 Å². The molecule has 0 aromatic heterocycles. The van der Waals surface area contributed by atoms with Gasteiger partial charge in [-0.15, -0.1) is 0 Å². The quantitative estimate of drug-likeness (QED) is 0.799. The lowest BCUT2D eigenvalue weighted by atomic mass is 10.2. The summed E-state index contributed by atoms with van der Waals surface area (Å²) < 4.78 is 10.5. The Morgan fingerprint density at radius 2 is 1.52 bits per heavy atom. The summed E-state index contributed by atoms with van der Waals surface area (Å²) in [4.78, 5) is 0. The summed E-state index contributed by atoms with van der Waals surface area (Å²) in [6, 6.07) is 8.92. The Labute approximate surface area is 138 Å². The van der Waals surface area contributed by atoms with Crippen molar-refractivity contribution < 1.29 is 9.47 Å². The highest BCUT2D eigenvalue weighted by molar-refractivity contribution is 6.42. The second-order valence-electron chi connectivity index (χ2n) is 4.28. The van der Waals surface area contributed by atoms with Crippen molar-refractivity contribution in [1.82, 2.24) is 0 Å². The Bertz CT molecular complexity index is 647. The van der Waals surface area contributed by atoms with E-state index in [1.54, 1.807) is 32.4 Å². The van der Waals surface area contributed by atoms with Crippen LogP contribution in [0, 0.1) is 0 Å². The summed E-state index contributed by atoms with van der Waals surface area (Å²) in [5.41, 5.74) is 1.75. The standard InChI is InChI=1S/C15H14Cl3NO2/c1-20-14-5-9(12(17)7-15(14)21-2)8-19-10-3-4-11(16)13(18)6-10/h3-7,19H,8H2,1-2H3. The Balaban J connectivity index is 2.17. The van der Waals surface area contributed by atoms with Gasteiger partial charge in [0.25, 0.3) is 0 Å². The van der Waals surface area contributed by atoms with Gasteiger partial charge in [-0.2, -0.15) is 0 Å². The second kappa shape index (κ2) is 7.12. The van der Waals surface area contributed by atoms with E-state index >= 15 is 0 Å². The molecule has 112 valence electrons. The summed E-state index contributed by atoms with van der Waals surface area (Å²) >= 11 is 18.1. The molecule has 1 N–H and O–H groups in total. The van der Waals surface area contributed by atoms with Crippen molar-refractivity contribution in [3.8, 4) is 11.5 Å². The lowest BCUT2D eigenvalue weighted by Crippen LogP contribution is -2.01. The number of methoxy groups -OCH3 is 2. The number of benzene rings is 2. The summed E-state index contributed by atoms with van der Waals surface area (Å²) in [7, 11) is 3.16. The van der Waals surface area contributed by atoms with Crippen molar-refractivity contribution in [2.75, 3.05) is 19.5 Å². The van der Waals surface area contributed by atoms with E-state index < -0.39 is 0 Å². The van der Waals surface area contributed by atoms with E-state index in [0.29, 0.717) is 33.1 Å². The van der Waals surface area contributed by atoms with Crippen LogP contribution in [0.5, 0.6) is 11.5 Å². The third-order valence-electron chi connectivity index (χ3n) is 2.96. The zero-order valence-electron chi connectivity index (χ0n) is 11.5. The Hall–Kier alpha value is -1.29. The third-order valence-corrected chi connectivity index (χ3v) is 4.05. The number of rotatable bonds is 5. The normalized spacial score (nSPS) is 10.3. The third kappa shape index (κ3) is 3.88. The molecule has 0 saturated heterocycles. The number of hydrogen-bond donors (Lipinski definition) is 1. The first-order valence-corrected chi connectivity index (χ1v) is 7.28. The van der Waals surface area contributed by atoms with Gasteiger partial charge in [-0.05, 0) is 29.8 Å². The maximum Gasteiger partial charge on any atom is 0.162 e. The predicted molar refractivity (Wildman–Crippen MR) is 88.3 cm³/mol. The van der Waals surface area contributed by atoms with Crippen LogP contribution in [0.2, 0.25) is 15.1 Å². The number of nitrogens with one attached hydrogen (secondary N) is 1. The molecule has 0 spiro atoms. The minimum Gasteiger partial charge on any atom is -0.493 e. The van der Waals surface area contributed by atoms with E-state index in [-0.39, 0.29) is 0 Å². The molecule has 2 aromatic rings. The van der Waals surface area contributed by atoms with Crippen LogP contribution in [0.25, 0.3) is 0 Å². The molecule has 3 nitrogen and oxygen atoms in total.